The highest BCUT2D eigenvalue weighted by atomic mass is 35.5. The first-order valence-corrected chi connectivity index (χ1v) is 5.64. The number of hydrogen-bond acceptors (Lipinski definition) is 3. The number of rotatable bonds is 7. The number of pyridine rings is 1. The van der Waals surface area contributed by atoms with E-state index in [4.69, 9.17) is 0 Å². The molecule has 1 heterocycles. The molecule has 1 rings (SSSR count). The first-order valence-electron chi connectivity index (χ1n) is 5.64. The van der Waals surface area contributed by atoms with E-state index in [1.807, 2.05) is 25.2 Å². The number of aryl methyl sites for hydroxylation is 1. The van der Waals surface area contributed by atoms with Crippen LogP contribution in [0.15, 0.2) is 24.4 Å². The smallest absolute Gasteiger partial charge is 0.220 e. The lowest BCUT2D eigenvalue weighted by molar-refractivity contribution is -0.121. The third kappa shape index (κ3) is 9.22. The second-order valence-electron chi connectivity index (χ2n) is 3.63. The summed E-state index contributed by atoms with van der Waals surface area (Å²) in [4.78, 5) is 15.6. The highest BCUT2D eigenvalue weighted by Gasteiger charge is 2.01. The van der Waals surface area contributed by atoms with E-state index >= 15 is 0 Å². The molecule has 0 aromatic carbocycles. The van der Waals surface area contributed by atoms with Crippen molar-refractivity contribution < 1.29 is 4.79 Å². The Morgan fingerprint density at radius 2 is 2.06 bits per heavy atom. The molecule has 0 aliphatic rings. The fraction of sp³-hybridized carbons (Fsp3) is 0.500. The Hall–Kier alpha value is -0.840. The quantitative estimate of drug-likeness (QED) is 0.751. The molecular weight excluding hydrogens is 273 g/mol. The monoisotopic (exact) mass is 293 g/mol. The Balaban J connectivity index is 0. The molecule has 6 heteroatoms. The van der Waals surface area contributed by atoms with Crippen molar-refractivity contribution in [1.82, 2.24) is 15.6 Å². The average molecular weight is 294 g/mol. The second-order valence-corrected chi connectivity index (χ2v) is 3.63. The van der Waals surface area contributed by atoms with Gasteiger partial charge in [-0.1, -0.05) is 6.07 Å². The Kier molecular flexibility index (Phi) is 13.7. The van der Waals surface area contributed by atoms with Crippen molar-refractivity contribution in [3.8, 4) is 0 Å². The molecule has 4 nitrogen and oxygen atoms in total. The fourth-order valence-electron chi connectivity index (χ4n) is 1.37. The number of carbonyl (C=O) groups excluding carboxylic acids is 1. The summed E-state index contributed by atoms with van der Waals surface area (Å²) in [6.07, 6.45) is 3.93. The summed E-state index contributed by atoms with van der Waals surface area (Å²) >= 11 is 0. The van der Waals surface area contributed by atoms with Crippen molar-refractivity contribution >= 4 is 30.7 Å². The maximum atomic E-state index is 11.4. The van der Waals surface area contributed by atoms with Crippen LogP contribution in [0, 0.1) is 0 Å². The number of halogens is 2. The third-order valence-electron chi connectivity index (χ3n) is 2.26. The molecule has 1 aromatic heterocycles. The summed E-state index contributed by atoms with van der Waals surface area (Å²) in [7, 11) is 1.91. The number of aromatic nitrogens is 1. The zero-order valence-corrected chi connectivity index (χ0v) is 12.1. The lowest BCUT2D eigenvalue weighted by atomic mass is 10.2. The highest BCUT2D eigenvalue weighted by Crippen LogP contribution is 1.97. The molecule has 0 unspecified atom stereocenters. The zero-order chi connectivity index (χ0) is 11.6. The van der Waals surface area contributed by atoms with Gasteiger partial charge in [0.2, 0.25) is 5.91 Å². The zero-order valence-electron chi connectivity index (χ0n) is 10.5. The van der Waals surface area contributed by atoms with Gasteiger partial charge in [-0.05, 0) is 38.6 Å². The largest absolute Gasteiger partial charge is 0.356 e. The predicted molar refractivity (Wildman–Crippen MR) is 78.6 cm³/mol. The summed E-state index contributed by atoms with van der Waals surface area (Å²) in [5.41, 5.74) is 0.966. The van der Waals surface area contributed by atoms with E-state index in [-0.39, 0.29) is 30.7 Å². The van der Waals surface area contributed by atoms with Gasteiger partial charge < -0.3 is 10.6 Å². The van der Waals surface area contributed by atoms with Gasteiger partial charge in [0.1, 0.15) is 0 Å². The van der Waals surface area contributed by atoms with Crippen LogP contribution >= 0.6 is 24.8 Å². The molecule has 0 bridgehead atoms. The average Bonchev–Trinajstić information content (AvgIpc) is 2.33. The Bertz CT molecular complexity index is 309. The van der Waals surface area contributed by atoms with Gasteiger partial charge in [-0.15, -0.1) is 24.8 Å². The maximum Gasteiger partial charge on any atom is 0.220 e. The summed E-state index contributed by atoms with van der Waals surface area (Å²) in [5, 5.41) is 5.92. The molecule has 0 saturated heterocycles. The van der Waals surface area contributed by atoms with Gasteiger partial charge in [-0.25, -0.2) is 0 Å². The van der Waals surface area contributed by atoms with E-state index < -0.39 is 0 Å². The first-order chi connectivity index (χ1) is 7.83. The molecule has 18 heavy (non-hydrogen) atoms. The Labute approximate surface area is 121 Å². The van der Waals surface area contributed by atoms with Crippen LogP contribution < -0.4 is 10.6 Å². The maximum absolute atomic E-state index is 11.4. The molecule has 0 saturated carbocycles. The molecule has 1 aromatic rings. The van der Waals surface area contributed by atoms with E-state index in [0.29, 0.717) is 12.8 Å². The van der Waals surface area contributed by atoms with Crippen LogP contribution in [0.5, 0.6) is 0 Å². The van der Waals surface area contributed by atoms with Gasteiger partial charge in [0, 0.05) is 24.9 Å². The summed E-state index contributed by atoms with van der Waals surface area (Å²) in [6, 6.07) is 5.75. The lowest BCUT2D eigenvalue weighted by Gasteiger charge is -2.04. The molecule has 0 radical (unpaired) electrons. The number of nitrogens with one attached hydrogen (secondary N) is 2. The highest BCUT2D eigenvalue weighted by molar-refractivity contribution is 5.85. The molecule has 0 atom stereocenters. The van der Waals surface area contributed by atoms with Crippen LogP contribution in [0.4, 0.5) is 0 Å². The minimum Gasteiger partial charge on any atom is -0.356 e. The molecule has 0 spiro atoms. The summed E-state index contributed by atoms with van der Waals surface area (Å²) < 4.78 is 0. The van der Waals surface area contributed by atoms with E-state index in [9.17, 15) is 4.79 Å². The van der Waals surface area contributed by atoms with Crippen LogP contribution in [0.2, 0.25) is 0 Å². The van der Waals surface area contributed by atoms with Gasteiger partial charge in [0.15, 0.2) is 0 Å². The van der Waals surface area contributed by atoms with Crippen LogP contribution in [-0.2, 0) is 11.2 Å². The Morgan fingerprint density at radius 3 is 2.67 bits per heavy atom. The van der Waals surface area contributed by atoms with Gasteiger partial charge in [0.25, 0.3) is 0 Å². The first kappa shape index (κ1) is 19.5. The van der Waals surface area contributed by atoms with Crippen LogP contribution in [-0.4, -0.2) is 31.0 Å². The number of amides is 1. The second kappa shape index (κ2) is 12.6. The van der Waals surface area contributed by atoms with E-state index in [2.05, 4.69) is 15.6 Å². The van der Waals surface area contributed by atoms with E-state index in [1.54, 1.807) is 6.20 Å². The SMILES string of the molecule is CNCCCNC(=O)CCc1ccccn1.Cl.Cl. The summed E-state index contributed by atoms with van der Waals surface area (Å²) in [6.45, 7) is 1.67. The molecule has 2 N–H and O–H groups in total. The van der Waals surface area contributed by atoms with Crippen molar-refractivity contribution in [2.75, 3.05) is 20.1 Å². The standard InChI is InChI=1S/C12H19N3O.2ClH/c1-13-8-4-10-15-12(16)7-6-11-5-2-3-9-14-11;;/h2-3,5,9,13H,4,6-8,10H2,1H3,(H,15,16);2*1H. The minimum absolute atomic E-state index is 0. The molecule has 0 aliphatic heterocycles. The summed E-state index contributed by atoms with van der Waals surface area (Å²) in [5.74, 6) is 0.0988. The normalized spacial score (nSPS) is 8.94. The number of carbonyl (C=O) groups is 1. The fourth-order valence-corrected chi connectivity index (χ4v) is 1.37. The van der Waals surface area contributed by atoms with Gasteiger partial charge in [0.05, 0.1) is 0 Å². The minimum atomic E-state index is 0. The van der Waals surface area contributed by atoms with Gasteiger partial charge in [-0.3, -0.25) is 9.78 Å². The van der Waals surface area contributed by atoms with E-state index in [1.165, 1.54) is 0 Å². The topological polar surface area (TPSA) is 54.0 Å². The van der Waals surface area contributed by atoms with Crippen LogP contribution in [0.3, 0.4) is 0 Å². The van der Waals surface area contributed by atoms with Crippen molar-refractivity contribution in [3.05, 3.63) is 30.1 Å². The Morgan fingerprint density at radius 1 is 1.28 bits per heavy atom. The third-order valence-corrected chi connectivity index (χ3v) is 2.26. The van der Waals surface area contributed by atoms with E-state index in [0.717, 1.165) is 25.2 Å². The van der Waals surface area contributed by atoms with Crippen LogP contribution in [0.1, 0.15) is 18.5 Å². The number of nitrogens with zero attached hydrogens (tertiary/aromatic N) is 1. The van der Waals surface area contributed by atoms with Crippen molar-refractivity contribution in [3.63, 3.8) is 0 Å². The van der Waals surface area contributed by atoms with Gasteiger partial charge >= 0.3 is 0 Å². The molecule has 0 fully saturated rings. The number of hydrogen-bond donors (Lipinski definition) is 2. The van der Waals surface area contributed by atoms with Crippen LogP contribution in [0.25, 0.3) is 0 Å². The van der Waals surface area contributed by atoms with Gasteiger partial charge in [-0.2, -0.15) is 0 Å². The van der Waals surface area contributed by atoms with Crippen molar-refractivity contribution in [1.29, 1.82) is 0 Å². The lowest BCUT2D eigenvalue weighted by Crippen LogP contribution is -2.26. The van der Waals surface area contributed by atoms with Crippen molar-refractivity contribution in [2.24, 2.45) is 0 Å². The molecular formula is C12H21Cl2N3O. The molecule has 1 amide bonds. The molecule has 104 valence electrons. The predicted octanol–water partition coefficient (Wildman–Crippen LogP) is 1.58. The molecule has 0 aliphatic carbocycles. The van der Waals surface area contributed by atoms with Crippen molar-refractivity contribution in [2.45, 2.75) is 19.3 Å².